The van der Waals surface area contributed by atoms with Crippen molar-refractivity contribution in [3.05, 3.63) is 42.0 Å². The molecule has 0 spiro atoms. The van der Waals surface area contributed by atoms with Crippen LogP contribution in [0.5, 0.6) is 0 Å². The van der Waals surface area contributed by atoms with Gasteiger partial charge in [0.2, 0.25) is 0 Å². The average molecular weight is 260 g/mol. The Morgan fingerprint density at radius 2 is 1.95 bits per heavy atom. The molecule has 0 aliphatic carbocycles. The Labute approximate surface area is 112 Å². The van der Waals surface area contributed by atoms with Crippen molar-refractivity contribution in [1.82, 2.24) is 9.97 Å². The minimum Gasteiger partial charge on any atom is -0.370 e. The Morgan fingerprint density at radius 1 is 1.16 bits per heavy atom. The van der Waals surface area contributed by atoms with E-state index in [1.165, 1.54) is 12.1 Å². The number of benzene rings is 1. The van der Waals surface area contributed by atoms with Gasteiger partial charge < -0.3 is 10.6 Å². The predicted molar refractivity (Wildman–Crippen MR) is 75.2 cm³/mol. The van der Waals surface area contributed by atoms with Gasteiger partial charge in [0.1, 0.15) is 23.3 Å². The zero-order valence-corrected chi connectivity index (χ0v) is 11.1. The van der Waals surface area contributed by atoms with Crippen molar-refractivity contribution in [2.45, 2.75) is 20.3 Å². The van der Waals surface area contributed by atoms with Crippen LogP contribution in [-0.4, -0.2) is 16.5 Å². The van der Waals surface area contributed by atoms with Crippen molar-refractivity contribution in [2.75, 3.05) is 17.2 Å². The first-order valence-corrected chi connectivity index (χ1v) is 6.29. The lowest BCUT2D eigenvalue weighted by molar-refractivity contribution is 0.628. The summed E-state index contributed by atoms with van der Waals surface area (Å²) in [6.07, 6.45) is 1.02. The summed E-state index contributed by atoms with van der Waals surface area (Å²) in [5.41, 5.74) is 0.666. The van der Waals surface area contributed by atoms with Crippen LogP contribution in [0.3, 0.4) is 0 Å². The lowest BCUT2D eigenvalue weighted by Crippen LogP contribution is -2.05. The molecule has 1 aromatic heterocycles. The normalized spacial score (nSPS) is 10.3. The molecule has 0 fully saturated rings. The fourth-order valence-electron chi connectivity index (χ4n) is 1.69. The fraction of sp³-hybridized carbons (Fsp3) is 0.286. The summed E-state index contributed by atoms with van der Waals surface area (Å²) in [5, 5.41) is 6.28. The number of rotatable bonds is 5. The first-order valence-electron chi connectivity index (χ1n) is 6.29. The molecule has 2 N–H and O–H groups in total. The van der Waals surface area contributed by atoms with Crippen LogP contribution >= 0.6 is 0 Å². The number of hydrogen-bond donors (Lipinski definition) is 2. The summed E-state index contributed by atoms with van der Waals surface area (Å²) in [7, 11) is 0. The molecule has 0 radical (unpaired) electrons. The van der Waals surface area contributed by atoms with E-state index in [-0.39, 0.29) is 5.82 Å². The first kappa shape index (κ1) is 13.3. The maximum atomic E-state index is 13.1. The second-order valence-corrected chi connectivity index (χ2v) is 4.25. The minimum absolute atomic E-state index is 0.278. The standard InChI is InChI=1S/C14H17FN4/c1-3-7-16-13-9-14(18-10(2)17-13)19-12-6-4-5-11(15)8-12/h4-6,8-9H,3,7H2,1-2H3,(H2,16,17,18,19). The van der Waals surface area contributed by atoms with E-state index in [1.807, 2.05) is 13.0 Å². The zero-order valence-electron chi connectivity index (χ0n) is 11.1. The molecule has 19 heavy (non-hydrogen) atoms. The Bertz CT molecular complexity index is 557. The lowest BCUT2D eigenvalue weighted by Gasteiger charge is -2.09. The molecule has 2 rings (SSSR count). The van der Waals surface area contributed by atoms with Crippen LogP contribution < -0.4 is 10.6 Å². The summed E-state index contributed by atoms with van der Waals surface area (Å²) >= 11 is 0. The van der Waals surface area contributed by atoms with Gasteiger partial charge in [-0.25, -0.2) is 14.4 Å². The topological polar surface area (TPSA) is 49.8 Å². The average Bonchev–Trinajstić information content (AvgIpc) is 2.35. The van der Waals surface area contributed by atoms with E-state index in [0.717, 1.165) is 18.8 Å². The van der Waals surface area contributed by atoms with Gasteiger partial charge in [-0.15, -0.1) is 0 Å². The third-order valence-corrected chi connectivity index (χ3v) is 2.49. The largest absolute Gasteiger partial charge is 0.370 e. The van der Waals surface area contributed by atoms with E-state index in [0.29, 0.717) is 17.3 Å². The van der Waals surface area contributed by atoms with E-state index in [1.54, 1.807) is 12.1 Å². The van der Waals surface area contributed by atoms with E-state index >= 15 is 0 Å². The van der Waals surface area contributed by atoms with Crippen LogP contribution in [-0.2, 0) is 0 Å². The number of aromatic nitrogens is 2. The molecule has 1 heterocycles. The molecule has 0 aliphatic rings. The van der Waals surface area contributed by atoms with Gasteiger partial charge in [-0.05, 0) is 31.5 Å². The van der Waals surface area contributed by atoms with Crippen LogP contribution in [0.15, 0.2) is 30.3 Å². The molecule has 0 saturated heterocycles. The van der Waals surface area contributed by atoms with E-state index in [2.05, 4.69) is 27.5 Å². The fourth-order valence-corrected chi connectivity index (χ4v) is 1.69. The highest BCUT2D eigenvalue weighted by Gasteiger charge is 2.02. The Balaban J connectivity index is 2.17. The summed E-state index contributed by atoms with van der Waals surface area (Å²) in [4.78, 5) is 8.58. The van der Waals surface area contributed by atoms with Crippen LogP contribution in [0.1, 0.15) is 19.2 Å². The minimum atomic E-state index is -0.278. The quantitative estimate of drug-likeness (QED) is 0.864. The van der Waals surface area contributed by atoms with Crippen LogP contribution in [0.2, 0.25) is 0 Å². The molecule has 0 saturated carbocycles. The maximum absolute atomic E-state index is 13.1. The third kappa shape index (κ3) is 3.91. The van der Waals surface area contributed by atoms with Crippen molar-refractivity contribution in [1.29, 1.82) is 0 Å². The zero-order chi connectivity index (χ0) is 13.7. The molecule has 0 bridgehead atoms. The number of nitrogens with one attached hydrogen (secondary N) is 2. The van der Waals surface area contributed by atoms with Gasteiger partial charge in [-0.3, -0.25) is 0 Å². The molecule has 1 aromatic carbocycles. The number of anilines is 3. The molecule has 0 unspecified atom stereocenters. The first-order chi connectivity index (χ1) is 9.17. The van der Waals surface area contributed by atoms with Crippen LogP contribution in [0.25, 0.3) is 0 Å². The number of halogens is 1. The van der Waals surface area contributed by atoms with E-state index < -0.39 is 0 Å². The predicted octanol–water partition coefficient (Wildman–Crippen LogP) is 3.49. The summed E-state index contributed by atoms with van der Waals surface area (Å²) in [5.74, 6) is 1.81. The third-order valence-electron chi connectivity index (χ3n) is 2.49. The van der Waals surface area contributed by atoms with Crippen molar-refractivity contribution in [2.24, 2.45) is 0 Å². The molecular weight excluding hydrogens is 243 g/mol. The van der Waals surface area contributed by atoms with Gasteiger partial charge in [0.25, 0.3) is 0 Å². The SMILES string of the molecule is CCCNc1cc(Nc2cccc(F)c2)nc(C)n1. The van der Waals surface area contributed by atoms with Crippen molar-refractivity contribution in [3.63, 3.8) is 0 Å². The van der Waals surface area contributed by atoms with Gasteiger partial charge in [0, 0.05) is 18.3 Å². The monoisotopic (exact) mass is 260 g/mol. The van der Waals surface area contributed by atoms with Gasteiger partial charge >= 0.3 is 0 Å². The molecule has 100 valence electrons. The van der Waals surface area contributed by atoms with Crippen molar-refractivity contribution in [3.8, 4) is 0 Å². The summed E-state index contributed by atoms with van der Waals surface area (Å²) < 4.78 is 13.1. The molecule has 0 aliphatic heterocycles. The maximum Gasteiger partial charge on any atom is 0.136 e. The van der Waals surface area contributed by atoms with Crippen LogP contribution in [0, 0.1) is 12.7 Å². The van der Waals surface area contributed by atoms with E-state index in [4.69, 9.17) is 0 Å². The van der Waals surface area contributed by atoms with Gasteiger partial charge in [0.05, 0.1) is 0 Å². The number of nitrogens with zero attached hydrogens (tertiary/aromatic N) is 2. The van der Waals surface area contributed by atoms with Crippen molar-refractivity contribution >= 4 is 17.3 Å². The van der Waals surface area contributed by atoms with Crippen molar-refractivity contribution < 1.29 is 4.39 Å². The number of hydrogen-bond acceptors (Lipinski definition) is 4. The highest BCUT2D eigenvalue weighted by atomic mass is 19.1. The Hall–Kier alpha value is -2.17. The van der Waals surface area contributed by atoms with E-state index in [9.17, 15) is 4.39 Å². The Morgan fingerprint density at radius 3 is 2.68 bits per heavy atom. The highest BCUT2D eigenvalue weighted by Crippen LogP contribution is 2.18. The van der Waals surface area contributed by atoms with Gasteiger partial charge in [-0.2, -0.15) is 0 Å². The molecular formula is C14H17FN4. The number of aryl methyl sites for hydroxylation is 1. The molecule has 4 nitrogen and oxygen atoms in total. The second kappa shape index (κ2) is 6.13. The second-order valence-electron chi connectivity index (χ2n) is 4.25. The molecule has 5 heteroatoms. The van der Waals surface area contributed by atoms with Crippen LogP contribution in [0.4, 0.5) is 21.7 Å². The molecule has 0 amide bonds. The highest BCUT2D eigenvalue weighted by molar-refractivity contribution is 5.59. The lowest BCUT2D eigenvalue weighted by atomic mass is 10.3. The Kier molecular flexibility index (Phi) is 4.28. The summed E-state index contributed by atoms with van der Waals surface area (Å²) in [6.45, 7) is 4.77. The summed E-state index contributed by atoms with van der Waals surface area (Å²) in [6, 6.07) is 8.09. The molecule has 0 atom stereocenters. The molecule has 2 aromatic rings. The smallest absolute Gasteiger partial charge is 0.136 e. The van der Waals surface area contributed by atoms with Gasteiger partial charge in [0.15, 0.2) is 0 Å². The van der Waals surface area contributed by atoms with Gasteiger partial charge in [-0.1, -0.05) is 13.0 Å².